The Kier molecular flexibility index (Phi) is 6.68. The van der Waals surface area contributed by atoms with Crippen molar-refractivity contribution in [1.29, 1.82) is 0 Å². The first-order valence-electron chi connectivity index (χ1n) is 5.92. The quantitative estimate of drug-likeness (QED) is 0.839. The maximum absolute atomic E-state index is 11.9. The van der Waals surface area contributed by atoms with Crippen LogP contribution >= 0.6 is 27.5 Å². The predicted molar refractivity (Wildman–Crippen MR) is 77.0 cm³/mol. The summed E-state index contributed by atoms with van der Waals surface area (Å²) in [4.78, 5) is 11.9. The van der Waals surface area contributed by atoms with Gasteiger partial charge in [-0.1, -0.05) is 40.9 Å². The molecule has 0 aromatic heterocycles. The minimum atomic E-state index is -0.144. The molecule has 0 aliphatic carbocycles. The summed E-state index contributed by atoms with van der Waals surface area (Å²) < 4.78 is 0.780. The predicted octanol–water partition coefficient (Wildman–Crippen LogP) is 3.24. The third kappa shape index (κ3) is 4.96. The van der Waals surface area contributed by atoms with Crippen molar-refractivity contribution >= 4 is 33.4 Å². The number of nitrogens with one attached hydrogen (secondary N) is 1. The lowest BCUT2D eigenvalue weighted by atomic mass is 10.0. The molecule has 0 fully saturated rings. The molecule has 2 N–H and O–H groups in total. The van der Waals surface area contributed by atoms with E-state index in [2.05, 4.69) is 21.2 Å². The average molecular weight is 335 g/mol. The molecule has 0 saturated heterocycles. The van der Waals surface area contributed by atoms with Crippen LogP contribution in [-0.2, 0) is 0 Å². The topological polar surface area (TPSA) is 49.3 Å². The van der Waals surface area contributed by atoms with Gasteiger partial charge in [-0.15, -0.1) is 0 Å². The molecule has 1 atom stereocenters. The van der Waals surface area contributed by atoms with E-state index in [-0.39, 0.29) is 12.5 Å². The van der Waals surface area contributed by atoms with Crippen LogP contribution in [0.1, 0.15) is 30.1 Å². The molecule has 1 amide bonds. The molecule has 1 rings (SSSR count). The molecule has 1 aromatic rings. The van der Waals surface area contributed by atoms with E-state index in [1.54, 1.807) is 18.2 Å². The van der Waals surface area contributed by atoms with Gasteiger partial charge in [-0.2, -0.15) is 0 Å². The zero-order chi connectivity index (χ0) is 13.5. The summed E-state index contributed by atoms with van der Waals surface area (Å²) in [6.07, 6.45) is 1.64. The lowest BCUT2D eigenvalue weighted by Crippen LogP contribution is -2.29. The molecule has 0 saturated carbocycles. The molecule has 0 spiro atoms. The summed E-state index contributed by atoms with van der Waals surface area (Å²) in [7, 11) is 0. The Morgan fingerprint density at radius 1 is 1.50 bits per heavy atom. The van der Waals surface area contributed by atoms with Crippen LogP contribution in [0.15, 0.2) is 22.7 Å². The van der Waals surface area contributed by atoms with Crippen LogP contribution < -0.4 is 5.32 Å². The number of hydrogen-bond acceptors (Lipinski definition) is 2. The molecule has 0 radical (unpaired) electrons. The highest BCUT2D eigenvalue weighted by Crippen LogP contribution is 2.19. The van der Waals surface area contributed by atoms with Crippen molar-refractivity contribution in [2.24, 2.45) is 5.92 Å². The summed E-state index contributed by atoms with van der Waals surface area (Å²) in [6, 6.07) is 5.10. The fraction of sp³-hybridized carbons (Fsp3) is 0.462. The van der Waals surface area contributed by atoms with E-state index in [0.717, 1.165) is 10.9 Å². The van der Waals surface area contributed by atoms with Crippen LogP contribution in [0, 0.1) is 5.92 Å². The smallest absolute Gasteiger partial charge is 0.251 e. The van der Waals surface area contributed by atoms with Crippen molar-refractivity contribution in [1.82, 2.24) is 5.32 Å². The summed E-state index contributed by atoms with van der Waals surface area (Å²) in [6.45, 7) is 2.76. The first-order chi connectivity index (χ1) is 8.56. The Hall–Kier alpha value is -0.580. The van der Waals surface area contributed by atoms with Gasteiger partial charge in [0.25, 0.3) is 5.91 Å². The standard InChI is InChI=1S/C13H17BrClNO2/c1-2-9(3-4-17)8-16-13(18)10-5-11(14)7-12(15)6-10/h5-7,9,17H,2-4,8H2,1H3,(H,16,18). The molecule has 0 aliphatic rings. The van der Waals surface area contributed by atoms with Crippen LogP contribution in [0.2, 0.25) is 5.02 Å². The van der Waals surface area contributed by atoms with Gasteiger partial charge in [0.15, 0.2) is 0 Å². The van der Waals surface area contributed by atoms with E-state index >= 15 is 0 Å². The van der Waals surface area contributed by atoms with Crippen molar-refractivity contribution < 1.29 is 9.90 Å². The Bertz CT molecular complexity index is 392. The Morgan fingerprint density at radius 3 is 2.78 bits per heavy atom. The Balaban J connectivity index is 2.59. The first kappa shape index (κ1) is 15.5. The van der Waals surface area contributed by atoms with Gasteiger partial charge in [0.1, 0.15) is 0 Å². The number of carbonyl (C=O) groups is 1. The van der Waals surface area contributed by atoms with Crippen molar-refractivity contribution in [2.75, 3.05) is 13.2 Å². The highest BCUT2D eigenvalue weighted by Gasteiger charge is 2.10. The third-order valence-electron chi connectivity index (χ3n) is 2.79. The largest absolute Gasteiger partial charge is 0.396 e. The molecule has 5 heteroatoms. The minimum Gasteiger partial charge on any atom is -0.396 e. The molecule has 1 unspecified atom stereocenters. The Morgan fingerprint density at radius 2 is 2.22 bits per heavy atom. The highest BCUT2D eigenvalue weighted by molar-refractivity contribution is 9.10. The monoisotopic (exact) mass is 333 g/mol. The van der Waals surface area contributed by atoms with Gasteiger partial charge in [0.2, 0.25) is 0 Å². The lowest BCUT2D eigenvalue weighted by Gasteiger charge is -2.14. The molecule has 3 nitrogen and oxygen atoms in total. The highest BCUT2D eigenvalue weighted by atomic mass is 79.9. The van der Waals surface area contributed by atoms with E-state index < -0.39 is 0 Å². The zero-order valence-corrected chi connectivity index (χ0v) is 12.6. The normalized spacial score (nSPS) is 12.2. The van der Waals surface area contributed by atoms with Crippen LogP contribution in [0.3, 0.4) is 0 Å². The van der Waals surface area contributed by atoms with Gasteiger partial charge in [-0.3, -0.25) is 4.79 Å². The maximum Gasteiger partial charge on any atom is 0.251 e. The summed E-state index contributed by atoms with van der Waals surface area (Å²) in [5, 5.41) is 12.3. The van der Waals surface area contributed by atoms with Crippen molar-refractivity contribution in [3.8, 4) is 0 Å². The number of aliphatic hydroxyl groups is 1. The van der Waals surface area contributed by atoms with E-state index in [1.807, 2.05) is 6.92 Å². The van der Waals surface area contributed by atoms with E-state index in [9.17, 15) is 4.79 Å². The first-order valence-corrected chi connectivity index (χ1v) is 7.09. The van der Waals surface area contributed by atoms with Crippen molar-refractivity contribution in [3.05, 3.63) is 33.3 Å². The second-order valence-electron chi connectivity index (χ2n) is 4.15. The van der Waals surface area contributed by atoms with E-state index in [1.165, 1.54) is 0 Å². The molecule has 0 heterocycles. The molecule has 0 bridgehead atoms. The molecule has 18 heavy (non-hydrogen) atoms. The average Bonchev–Trinajstić information content (AvgIpc) is 2.32. The van der Waals surface area contributed by atoms with Crippen molar-refractivity contribution in [2.45, 2.75) is 19.8 Å². The number of amides is 1. The van der Waals surface area contributed by atoms with E-state index in [0.29, 0.717) is 29.5 Å². The zero-order valence-electron chi connectivity index (χ0n) is 10.2. The van der Waals surface area contributed by atoms with Crippen LogP contribution in [0.25, 0.3) is 0 Å². The maximum atomic E-state index is 11.9. The second-order valence-corrected chi connectivity index (χ2v) is 5.51. The second kappa shape index (κ2) is 7.77. The number of hydrogen-bond donors (Lipinski definition) is 2. The molecular formula is C13H17BrClNO2. The van der Waals surface area contributed by atoms with Crippen LogP contribution in [0.4, 0.5) is 0 Å². The van der Waals surface area contributed by atoms with Gasteiger partial charge in [0.05, 0.1) is 0 Å². The molecule has 0 aliphatic heterocycles. The lowest BCUT2D eigenvalue weighted by molar-refractivity contribution is 0.0943. The number of halogens is 2. The number of aliphatic hydroxyl groups excluding tert-OH is 1. The van der Waals surface area contributed by atoms with Crippen LogP contribution in [-0.4, -0.2) is 24.2 Å². The number of rotatable bonds is 6. The Labute approximate surface area is 121 Å². The van der Waals surface area contributed by atoms with Gasteiger partial charge in [-0.25, -0.2) is 0 Å². The molecule has 1 aromatic carbocycles. The fourth-order valence-electron chi connectivity index (χ4n) is 1.66. The fourth-order valence-corrected chi connectivity index (χ4v) is 2.52. The number of carbonyl (C=O) groups excluding carboxylic acids is 1. The van der Waals surface area contributed by atoms with Gasteiger partial charge >= 0.3 is 0 Å². The summed E-state index contributed by atoms with van der Waals surface area (Å²) >= 11 is 9.19. The minimum absolute atomic E-state index is 0.144. The SMILES string of the molecule is CCC(CCO)CNC(=O)c1cc(Cl)cc(Br)c1. The van der Waals surface area contributed by atoms with Crippen LogP contribution in [0.5, 0.6) is 0 Å². The van der Waals surface area contributed by atoms with Gasteiger partial charge in [-0.05, 0) is 30.5 Å². The third-order valence-corrected chi connectivity index (χ3v) is 3.47. The molecule has 100 valence electrons. The molecular weight excluding hydrogens is 318 g/mol. The van der Waals surface area contributed by atoms with E-state index in [4.69, 9.17) is 16.7 Å². The van der Waals surface area contributed by atoms with Crippen molar-refractivity contribution in [3.63, 3.8) is 0 Å². The number of benzene rings is 1. The summed E-state index contributed by atoms with van der Waals surface area (Å²) in [5.41, 5.74) is 0.535. The summed E-state index contributed by atoms with van der Waals surface area (Å²) in [5.74, 6) is 0.163. The van der Waals surface area contributed by atoms with Gasteiger partial charge in [0, 0.05) is 28.2 Å². The van der Waals surface area contributed by atoms with Gasteiger partial charge < -0.3 is 10.4 Å².